The second-order valence-corrected chi connectivity index (χ2v) is 10.7. The Balaban J connectivity index is 1.89. The van der Waals surface area contributed by atoms with E-state index in [-0.39, 0.29) is 36.4 Å². The molecule has 0 spiro atoms. The molecule has 5 atom stereocenters. The number of likely N-dealkylation sites (tertiary alicyclic amines) is 1. The highest BCUT2D eigenvalue weighted by molar-refractivity contribution is 6.30. The van der Waals surface area contributed by atoms with Gasteiger partial charge in [0.1, 0.15) is 0 Å². The molecular formula is C27H32Cl2N2O4. The fraction of sp³-hybridized carbons (Fsp3) is 0.481. The summed E-state index contributed by atoms with van der Waals surface area (Å²) in [5.74, 6) is -1.30. The molecule has 1 amide bonds. The number of carbonyl (C=O) groups is 2. The number of carboxylic acids is 1. The molecule has 2 aromatic rings. The summed E-state index contributed by atoms with van der Waals surface area (Å²) in [5, 5.41) is 14.3. The van der Waals surface area contributed by atoms with Crippen molar-refractivity contribution in [1.82, 2.24) is 10.2 Å². The number of benzene rings is 2. The Kier molecular flexibility index (Phi) is 8.06. The van der Waals surface area contributed by atoms with Gasteiger partial charge < -0.3 is 20.1 Å². The topological polar surface area (TPSA) is 78.9 Å². The lowest BCUT2D eigenvalue weighted by Gasteiger charge is -2.53. The van der Waals surface area contributed by atoms with Crippen LogP contribution >= 0.6 is 23.2 Å². The molecule has 0 aromatic heterocycles. The number of ether oxygens (including phenoxy) is 1. The summed E-state index contributed by atoms with van der Waals surface area (Å²) in [6.07, 6.45) is 0.628. The molecule has 2 saturated heterocycles. The molecule has 0 saturated carbocycles. The maximum atomic E-state index is 14.3. The second-order valence-electron chi connectivity index (χ2n) is 9.79. The quantitative estimate of drug-likeness (QED) is 0.519. The number of hydrogen-bond donors (Lipinski definition) is 2. The Morgan fingerprint density at radius 1 is 1.20 bits per heavy atom. The summed E-state index contributed by atoms with van der Waals surface area (Å²) in [5.41, 5.74) is 0.855. The van der Waals surface area contributed by atoms with E-state index in [9.17, 15) is 14.7 Å². The zero-order valence-electron chi connectivity index (χ0n) is 20.0. The molecule has 2 unspecified atom stereocenters. The fourth-order valence-corrected chi connectivity index (χ4v) is 6.04. The monoisotopic (exact) mass is 518 g/mol. The molecule has 2 aliphatic rings. The molecule has 2 fully saturated rings. The van der Waals surface area contributed by atoms with E-state index < -0.39 is 11.4 Å². The van der Waals surface area contributed by atoms with E-state index >= 15 is 0 Å². The lowest BCUT2D eigenvalue weighted by Crippen LogP contribution is -2.61. The summed E-state index contributed by atoms with van der Waals surface area (Å²) < 4.78 is 6.13. The maximum Gasteiger partial charge on any atom is 0.304 e. The third-order valence-electron chi connectivity index (χ3n) is 7.29. The summed E-state index contributed by atoms with van der Waals surface area (Å²) in [6, 6.07) is 14.7. The normalized spacial score (nSPS) is 28.1. The van der Waals surface area contributed by atoms with Crippen LogP contribution in [0.2, 0.25) is 10.0 Å². The Morgan fingerprint density at radius 3 is 2.54 bits per heavy atom. The van der Waals surface area contributed by atoms with Crippen LogP contribution in [0.25, 0.3) is 0 Å². The molecular weight excluding hydrogens is 487 g/mol. The van der Waals surface area contributed by atoms with E-state index in [0.29, 0.717) is 36.0 Å². The number of carbonyl (C=O) groups excluding carboxylic acids is 1. The zero-order valence-corrected chi connectivity index (χ0v) is 21.6. The van der Waals surface area contributed by atoms with Crippen LogP contribution in [0.3, 0.4) is 0 Å². The van der Waals surface area contributed by atoms with Gasteiger partial charge in [-0.15, -0.1) is 0 Å². The summed E-state index contributed by atoms with van der Waals surface area (Å²) in [6.45, 7) is 5.79. The molecule has 0 aliphatic carbocycles. The van der Waals surface area contributed by atoms with Crippen molar-refractivity contribution in [2.24, 2.45) is 5.41 Å². The number of carboxylic acid groups (broad SMARTS) is 1. The smallest absolute Gasteiger partial charge is 0.304 e. The van der Waals surface area contributed by atoms with Gasteiger partial charge in [0.15, 0.2) is 0 Å². The van der Waals surface area contributed by atoms with Crippen molar-refractivity contribution in [3.63, 3.8) is 0 Å². The molecule has 8 heteroatoms. The van der Waals surface area contributed by atoms with E-state index in [1.165, 1.54) is 0 Å². The highest BCUT2D eigenvalue weighted by Gasteiger charge is 2.53. The van der Waals surface area contributed by atoms with Crippen molar-refractivity contribution < 1.29 is 19.4 Å². The molecule has 4 rings (SSSR count). The van der Waals surface area contributed by atoms with Gasteiger partial charge >= 0.3 is 5.97 Å². The minimum absolute atomic E-state index is 0.154. The number of halogens is 2. The van der Waals surface area contributed by atoms with Crippen molar-refractivity contribution in [3.05, 3.63) is 69.7 Å². The molecule has 2 aliphatic heterocycles. The average molecular weight is 519 g/mol. The number of hydrogen-bond acceptors (Lipinski definition) is 4. The molecule has 0 radical (unpaired) electrons. The largest absolute Gasteiger partial charge is 0.481 e. The predicted molar refractivity (Wildman–Crippen MR) is 137 cm³/mol. The Hall–Kier alpha value is -2.12. The molecule has 6 nitrogen and oxygen atoms in total. The van der Waals surface area contributed by atoms with Crippen LogP contribution < -0.4 is 5.32 Å². The number of nitrogens with zero attached hydrogens (tertiary/aromatic N) is 1. The first-order valence-corrected chi connectivity index (χ1v) is 12.9. The first-order valence-electron chi connectivity index (χ1n) is 12.1. The van der Waals surface area contributed by atoms with Gasteiger partial charge in [-0.25, -0.2) is 0 Å². The van der Waals surface area contributed by atoms with Crippen LogP contribution in [0.1, 0.15) is 56.2 Å². The van der Waals surface area contributed by atoms with Crippen molar-refractivity contribution in [3.8, 4) is 0 Å². The number of piperidine rings is 1. The molecule has 2 heterocycles. The highest BCUT2D eigenvalue weighted by atomic mass is 35.5. The lowest BCUT2D eigenvalue weighted by atomic mass is 9.66. The summed E-state index contributed by atoms with van der Waals surface area (Å²) >= 11 is 12.6. The van der Waals surface area contributed by atoms with Gasteiger partial charge in [0.2, 0.25) is 5.91 Å². The van der Waals surface area contributed by atoms with Crippen LogP contribution in [0.15, 0.2) is 48.5 Å². The minimum atomic E-state index is -1.07. The number of nitrogens with one attached hydrogen (secondary N) is 1. The molecule has 2 N–H and O–H groups in total. The van der Waals surface area contributed by atoms with E-state index in [2.05, 4.69) is 5.32 Å². The van der Waals surface area contributed by atoms with Gasteiger partial charge in [0.25, 0.3) is 0 Å². The average Bonchev–Trinajstić information content (AvgIpc) is 2.83. The number of morpholine rings is 1. The molecule has 2 aromatic carbocycles. The predicted octanol–water partition coefficient (Wildman–Crippen LogP) is 5.30. The zero-order chi connectivity index (χ0) is 25.2. The first-order chi connectivity index (χ1) is 16.7. The lowest BCUT2D eigenvalue weighted by molar-refractivity contribution is -0.165. The van der Waals surface area contributed by atoms with Gasteiger partial charge in [-0.3, -0.25) is 9.59 Å². The number of amides is 1. The third-order valence-corrected chi connectivity index (χ3v) is 7.78. The highest BCUT2D eigenvalue weighted by Crippen LogP contribution is 2.52. The van der Waals surface area contributed by atoms with Gasteiger partial charge in [-0.05, 0) is 48.2 Å². The first kappa shape index (κ1) is 26.0. The fourth-order valence-electron chi connectivity index (χ4n) is 5.72. The van der Waals surface area contributed by atoms with E-state index in [1.807, 2.05) is 60.4 Å². The number of aliphatic carboxylic acids is 1. The third kappa shape index (κ3) is 5.51. The molecule has 35 heavy (non-hydrogen) atoms. The van der Waals surface area contributed by atoms with Crippen molar-refractivity contribution >= 4 is 35.1 Å². The Bertz CT molecular complexity index is 1060. The maximum absolute atomic E-state index is 14.3. The van der Waals surface area contributed by atoms with Crippen molar-refractivity contribution in [2.45, 2.75) is 57.2 Å². The SMILES string of the molecule is CCC([C@@H]1CNCCO1)N1C(=O)[C@@](C)(CC(=O)O)CC(c2cccc(Cl)c2)[C@H]1c1ccc(Cl)cc1. The van der Waals surface area contributed by atoms with Crippen LogP contribution in [0.5, 0.6) is 0 Å². The molecule has 188 valence electrons. The van der Waals surface area contributed by atoms with E-state index in [4.69, 9.17) is 27.9 Å². The van der Waals surface area contributed by atoms with Crippen LogP contribution in [0, 0.1) is 5.41 Å². The minimum Gasteiger partial charge on any atom is -0.481 e. The van der Waals surface area contributed by atoms with Crippen LogP contribution in [-0.4, -0.2) is 53.7 Å². The molecule has 0 bridgehead atoms. The summed E-state index contributed by atoms with van der Waals surface area (Å²) in [4.78, 5) is 28.1. The standard InChI is InChI=1S/C27H32Cl2N2O4/c1-3-22(23-16-30-11-12-35-23)31-25(17-7-9-19(28)10-8-17)21(18-5-4-6-20(29)13-18)14-27(2,26(31)34)15-24(32)33/h4-10,13,21-23,25,30H,3,11-12,14-16H2,1-2H3,(H,32,33)/t21?,22?,23-,25+,27+/m0/s1. The second kappa shape index (κ2) is 10.9. The van der Waals surface area contributed by atoms with Crippen LogP contribution in [-0.2, 0) is 14.3 Å². The van der Waals surface area contributed by atoms with Crippen molar-refractivity contribution in [2.75, 3.05) is 19.7 Å². The van der Waals surface area contributed by atoms with Crippen LogP contribution in [0.4, 0.5) is 0 Å². The van der Waals surface area contributed by atoms with Crippen molar-refractivity contribution in [1.29, 1.82) is 0 Å². The van der Waals surface area contributed by atoms with Gasteiger partial charge in [0.05, 0.1) is 36.6 Å². The van der Waals surface area contributed by atoms with Gasteiger partial charge in [-0.1, -0.05) is 61.3 Å². The van der Waals surface area contributed by atoms with Gasteiger partial charge in [-0.2, -0.15) is 0 Å². The van der Waals surface area contributed by atoms with E-state index in [1.54, 1.807) is 6.92 Å². The summed E-state index contributed by atoms with van der Waals surface area (Å²) in [7, 11) is 0. The Morgan fingerprint density at radius 2 is 1.94 bits per heavy atom. The van der Waals surface area contributed by atoms with Gasteiger partial charge in [0, 0.05) is 29.1 Å². The van der Waals surface area contributed by atoms with E-state index in [0.717, 1.165) is 17.7 Å². The number of rotatable bonds is 7. The Labute approximate surface area is 216 Å².